The molecular formula is C19H18F3N3O4. The van der Waals surface area contributed by atoms with Gasteiger partial charge in [0.25, 0.3) is 5.91 Å². The Kier molecular flexibility index (Phi) is 5.71. The van der Waals surface area contributed by atoms with Crippen LogP contribution >= 0.6 is 0 Å². The quantitative estimate of drug-likeness (QED) is 0.724. The van der Waals surface area contributed by atoms with Gasteiger partial charge in [0, 0.05) is 24.8 Å². The number of hydrogen-bond acceptors (Lipinski definition) is 5. The number of carbonyl (C=O) groups excluding carboxylic acids is 2. The highest BCUT2D eigenvalue weighted by molar-refractivity contribution is 5.89. The highest BCUT2D eigenvalue weighted by Crippen LogP contribution is 2.33. The lowest BCUT2D eigenvalue weighted by Crippen LogP contribution is -2.33. The molecule has 1 saturated heterocycles. The molecule has 0 spiro atoms. The summed E-state index contributed by atoms with van der Waals surface area (Å²) in [6, 6.07) is 5.67. The lowest BCUT2D eigenvalue weighted by atomic mass is 10.1. The first-order chi connectivity index (χ1) is 13.7. The third-order valence-corrected chi connectivity index (χ3v) is 4.52. The maximum absolute atomic E-state index is 13.3. The van der Waals surface area contributed by atoms with Crippen LogP contribution < -0.4 is 5.43 Å². The van der Waals surface area contributed by atoms with Crippen LogP contribution in [0, 0.1) is 6.92 Å². The molecule has 1 amide bonds. The molecule has 1 aliphatic rings. The molecular weight excluding hydrogens is 391 g/mol. The van der Waals surface area contributed by atoms with Gasteiger partial charge in [-0.25, -0.2) is 9.48 Å². The maximum atomic E-state index is 13.3. The van der Waals surface area contributed by atoms with Crippen LogP contribution in [-0.4, -0.2) is 46.3 Å². The summed E-state index contributed by atoms with van der Waals surface area (Å²) in [5, 5.41) is 3.80. The largest absolute Gasteiger partial charge is 0.451 e. The number of alkyl halides is 3. The molecule has 1 aliphatic heterocycles. The van der Waals surface area contributed by atoms with Crippen LogP contribution in [0.3, 0.4) is 0 Å². The van der Waals surface area contributed by atoms with Gasteiger partial charge in [0.05, 0.1) is 11.3 Å². The number of halogens is 3. The molecule has 7 nitrogen and oxygen atoms in total. The molecule has 0 aliphatic carbocycles. The second kappa shape index (κ2) is 8.06. The number of aryl methyl sites for hydroxylation is 1. The molecule has 154 valence electrons. The second-order valence-corrected chi connectivity index (χ2v) is 6.59. The molecule has 0 saturated carbocycles. The molecule has 1 fully saturated rings. The summed E-state index contributed by atoms with van der Waals surface area (Å²) in [5.41, 5.74) is -2.69. The first kappa shape index (κ1) is 20.6. The van der Waals surface area contributed by atoms with E-state index in [1.54, 1.807) is 0 Å². The predicted molar refractivity (Wildman–Crippen MR) is 95.7 cm³/mol. The number of amides is 1. The highest BCUT2D eigenvalue weighted by atomic mass is 19.4. The summed E-state index contributed by atoms with van der Waals surface area (Å²) in [7, 11) is 0. The van der Waals surface area contributed by atoms with Crippen LogP contribution in [0.1, 0.15) is 34.6 Å². The summed E-state index contributed by atoms with van der Waals surface area (Å²) >= 11 is 0. The van der Waals surface area contributed by atoms with E-state index in [9.17, 15) is 27.6 Å². The number of aromatic nitrogens is 2. The minimum Gasteiger partial charge on any atom is -0.451 e. The van der Waals surface area contributed by atoms with Gasteiger partial charge in [-0.3, -0.25) is 9.59 Å². The number of likely N-dealkylation sites (tertiary alicyclic amines) is 1. The average molecular weight is 409 g/mol. The average Bonchev–Trinajstić information content (AvgIpc) is 3.20. The molecule has 0 unspecified atom stereocenters. The van der Waals surface area contributed by atoms with Crippen LogP contribution in [0.4, 0.5) is 13.2 Å². The maximum Gasteiger partial charge on any atom is 0.418 e. The van der Waals surface area contributed by atoms with E-state index in [1.165, 1.54) is 30.0 Å². The van der Waals surface area contributed by atoms with E-state index in [4.69, 9.17) is 4.74 Å². The summed E-state index contributed by atoms with van der Waals surface area (Å²) in [6.45, 7) is 1.97. The van der Waals surface area contributed by atoms with Crippen LogP contribution in [-0.2, 0) is 15.7 Å². The Bertz CT molecular complexity index is 995. The molecule has 10 heteroatoms. The van der Waals surface area contributed by atoms with E-state index in [2.05, 4.69) is 5.10 Å². The van der Waals surface area contributed by atoms with Gasteiger partial charge in [0.15, 0.2) is 6.61 Å². The minimum atomic E-state index is -4.66. The Hall–Kier alpha value is -3.17. The van der Waals surface area contributed by atoms with Gasteiger partial charge in [-0.1, -0.05) is 12.1 Å². The number of ether oxygens (including phenoxy) is 1. The van der Waals surface area contributed by atoms with E-state index in [0.717, 1.165) is 29.7 Å². The predicted octanol–water partition coefficient (Wildman–Crippen LogP) is 2.34. The van der Waals surface area contributed by atoms with Crippen molar-refractivity contribution in [1.82, 2.24) is 14.7 Å². The van der Waals surface area contributed by atoms with Crippen molar-refractivity contribution >= 4 is 11.9 Å². The standard InChI is InChI=1S/C19H18F3N3O4/c1-12-10-15(26)17(18(28)29-11-16(27)24-8-4-5-9-24)23-25(12)14-7-3-2-6-13(14)19(20,21)22/h2-3,6-7,10H,4-5,8-9,11H2,1H3. The molecule has 29 heavy (non-hydrogen) atoms. The van der Waals surface area contributed by atoms with Crippen molar-refractivity contribution in [3.05, 3.63) is 57.5 Å². The van der Waals surface area contributed by atoms with Gasteiger partial charge in [-0.2, -0.15) is 18.3 Å². The van der Waals surface area contributed by atoms with E-state index in [0.29, 0.717) is 13.1 Å². The number of nitrogens with zero attached hydrogens (tertiary/aromatic N) is 3. The molecule has 0 N–H and O–H groups in total. The van der Waals surface area contributed by atoms with Crippen molar-refractivity contribution in [2.45, 2.75) is 25.9 Å². The Morgan fingerprint density at radius 1 is 1.17 bits per heavy atom. The Balaban J connectivity index is 1.90. The molecule has 1 aromatic carbocycles. The summed E-state index contributed by atoms with van der Waals surface area (Å²) in [5.74, 6) is -1.56. The van der Waals surface area contributed by atoms with Crippen molar-refractivity contribution in [2.24, 2.45) is 0 Å². The topological polar surface area (TPSA) is 81.5 Å². The Labute approximate surface area is 163 Å². The fourth-order valence-corrected chi connectivity index (χ4v) is 3.08. The van der Waals surface area contributed by atoms with Crippen molar-refractivity contribution in [2.75, 3.05) is 19.7 Å². The van der Waals surface area contributed by atoms with Crippen LogP contribution in [0.15, 0.2) is 35.1 Å². The zero-order valence-corrected chi connectivity index (χ0v) is 15.5. The third kappa shape index (κ3) is 4.47. The first-order valence-corrected chi connectivity index (χ1v) is 8.91. The van der Waals surface area contributed by atoms with E-state index < -0.39 is 41.3 Å². The minimum absolute atomic E-state index is 0.108. The molecule has 2 aromatic rings. The van der Waals surface area contributed by atoms with Gasteiger partial charge < -0.3 is 9.64 Å². The monoisotopic (exact) mass is 409 g/mol. The Morgan fingerprint density at radius 2 is 1.83 bits per heavy atom. The van der Waals surface area contributed by atoms with E-state index in [-0.39, 0.29) is 11.4 Å². The molecule has 2 heterocycles. The molecule has 3 rings (SSSR count). The zero-order chi connectivity index (χ0) is 21.2. The van der Waals surface area contributed by atoms with Crippen LogP contribution in [0.2, 0.25) is 0 Å². The Morgan fingerprint density at radius 3 is 2.48 bits per heavy atom. The van der Waals surface area contributed by atoms with Gasteiger partial charge in [-0.15, -0.1) is 0 Å². The van der Waals surface area contributed by atoms with Crippen molar-refractivity contribution in [3.8, 4) is 5.69 Å². The summed E-state index contributed by atoms with van der Waals surface area (Å²) in [6.07, 6.45) is -2.93. The number of benzene rings is 1. The normalized spacial score (nSPS) is 14.1. The van der Waals surface area contributed by atoms with Gasteiger partial charge >= 0.3 is 12.1 Å². The van der Waals surface area contributed by atoms with Gasteiger partial charge in [-0.05, 0) is 31.9 Å². The highest BCUT2D eigenvalue weighted by Gasteiger charge is 2.34. The third-order valence-electron chi connectivity index (χ3n) is 4.52. The van der Waals surface area contributed by atoms with Crippen molar-refractivity contribution in [3.63, 3.8) is 0 Å². The number of para-hydroxylation sites is 1. The van der Waals surface area contributed by atoms with Gasteiger partial charge in [0.2, 0.25) is 11.1 Å². The lowest BCUT2D eigenvalue weighted by Gasteiger charge is -2.17. The molecule has 0 bridgehead atoms. The molecule has 1 aromatic heterocycles. The fraction of sp³-hybridized carbons (Fsp3) is 0.368. The first-order valence-electron chi connectivity index (χ1n) is 8.91. The van der Waals surface area contributed by atoms with Crippen molar-refractivity contribution in [1.29, 1.82) is 0 Å². The summed E-state index contributed by atoms with van der Waals surface area (Å²) in [4.78, 5) is 37.9. The van der Waals surface area contributed by atoms with Crippen molar-refractivity contribution < 1.29 is 27.5 Å². The smallest absolute Gasteiger partial charge is 0.418 e. The SMILES string of the molecule is Cc1cc(=O)c(C(=O)OCC(=O)N2CCCC2)nn1-c1ccccc1C(F)(F)F. The summed E-state index contributed by atoms with van der Waals surface area (Å²) < 4.78 is 45.7. The molecule has 0 radical (unpaired) electrons. The zero-order valence-electron chi connectivity index (χ0n) is 15.5. The van der Waals surface area contributed by atoms with Crippen LogP contribution in [0.25, 0.3) is 5.69 Å². The fourth-order valence-electron chi connectivity index (χ4n) is 3.08. The number of carbonyl (C=O) groups is 2. The molecule has 0 atom stereocenters. The van der Waals surface area contributed by atoms with E-state index in [1.807, 2.05) is 0 Å². The van der Waals surface area contributed by atoms with Gasteiger partial charge in [0.1, 0.15) is 0 Å². The number of esters is 1. The number of hydrogen-bond donors (Lipinski definition) is 0. The number of rotatable bonds is 4. The lowest BCUT2D eigenvalue weighted by molar-refractivity contribution is -0.137. The van der Waals surface area contributed by atoms with E-state index >= 15 is 0 Å². The second-order valence-electron chi connectivity index (χ2n) is 6.59. The van der Waals surface area contributed by atoms with Crippen LogP contribution in [0.5, 0.6) is 0 Å².